The lowest BCUT2D eigenvalue weighted by Gasteiger charge is -2.11. The van der Waals surface area contributed by atoms with E-state index in [2.05, 4.69) is 9.36 Å². The fraction of sp³-hybridized carbons (Fsp3) is 0.308. The summed E-state index contributed by atoms with van der Waals surface area (Å²) in [6, 6.07) is 6.18. The van der Waals surface area contributed by atoms with Crippen molar-refractivity contribution in [2.75, 3.05) is 0 Å². The molecule has 0 bridgehead atoms. The Bertz CT molecular complexity index is 585. The van der Waals surface area contributed by atoms with Gasteiger partial charge in [0.1, 0.15) is 5.75 Å². The van der Waals surface area contributed by atoms with E-state index in [1.165, 1.54) is 23.7 Å². The lowest BCUT2D eigenvalue weighted by molar-refractivity contribution is 0.0697. The SMILES string of the molecule is CC(C)(C)c1nsc(Oc2ccc(C(=O)O)cc2)n1. The number of nitrogens with zero attached hydrogens (tertiary/aromatic N) is 2. The molecule has 5 nitrogen and oxygen atoms in total. The number of carboxylic acids is 1. The largest absolute Gasteiger partial charge is 0.478 e. The van der Waals surface area contributed by atoms with Gasteiger partial charge in [-0.2, -0.15) is 9.36 Å². The van der Waals surface area contributed by atoms with Gasteiger partial charge >= 0.3 is 5.97 Å². The molecule has 1 aromatic carbocycles. The van der Waals surface area contributed by atoms with Crippen LogP contribution in [0.1, 0.15) is 37.0 Å². The molecule has 1 heterocycles. The molecule has 0 radical (unpaired) electrons. The van der Waals surface area contributed by atoms with Gasteiger partial charge in [0.05, 0.1) is 5.56 Å². The Balaban J connectivity index is 2.13. The van der Waals surface area contributed by atoms with Crippen LogP contribution in [0, 0.1) is 0 Å². The molecule has 6 heteroatoms. The predicted molar refractivity (Wildman–Crippen MR) is 72.1 cm³/mol. The number of ether oxygens (including phenoxy) is 1. The lowest BCUT2D eigenvalue weighted by Crippen LogP contribution is -2.12. The number of hydrogen-bond acceptors (Lipinski definition) is 5. The molecule has 1 aromatic heterocycles. The molecule has 2 rings (SSSR count). The predicted octanol–water partition coefficient (Wildman–Crippen LogP) is 3.33. The molecule has 0 spiro atoms. The van der Waals surface area contributed by atoms with Crippen LogP contribution >= 0.6 is 11.5 Å². The normalized spacial score (nSPS) is 11.3. The summed E-state index contributed by atoms with van der Waals surface area (Å²) in [6.07, 6.45) is 0. The van der Waals surface area contributed by atoms with E-state index >= 15 is 0 Å². The molecule has 0 amide bonds. The summed E-state index contributed by atoms with van der Waals surface area (Å²) in [4.78, 5) is 15.0. The summed E-state index contributed by atoms with van der Waals surface area (Å²) in [7, 11) is 0. The minimum absolute atomic E-state index is 0.120. The number of carboxylic acid groups (broad SMARTS) is 1. The molecule has 100 valence electrons. The molecule has 1 N–H and O–H groups in total. The van der Waals surface area contributed by atoms with E-state index in [0.29, 0.717) is 10.9 Å². The van der Waals surface area contributed by atoms with Crippen molar-refractivity contribution in [3.05, 3.63) is 35.7 Å². The Labute approximate surface area is 115 Å². The van der Waals surface area contributed by atoms with Gasteiger partial charge < -0.3 is 9.84 Å². The molecule has 0 aliphatic rings. The van der Waals surface area contributed by atoms with Gasteiger partial charge in [-0.25, -0.2) is 4.79 Å². The van der Waals surface area contributed by atoms with Crippen molar-refractivity contribution in [2.24, 2.45) is 0 Å². The number of carbonyl (C=O) groups is 1. The highest BCUT2D eigenvalue weighted by Gasteiger charge is 2.20. The van der Waals surface area contributed by atoms with Crippen LogP contribution in [-0.4, -0.2) is 20.4 Å². The highest BCUT2D eigenvalue weighted by atomic mass is 32.1. The first-order chi connectivity index (χ1) is 8.86. The van der Waals surface area contributed by atoms with E-state index in [1.807, 2.05) is 20.8 Å². The van der Waals surface area contributed by atoms with Gasteiger partial charge in [0.2, 0.25) is 0 Å². The Hall–Kier alpha value is -1.95. The van der Waals surface area contributed by atoms with Crippen LogP contribution < -0.4 is 4.74 Å². The number of hydrogen-bond donors (Lipinski definition) is 1. The van der Waals surface area contributed by atoms with E-state index in [-0.39, 0.29) is 11.0 Å². The standard InChI is InChI=1S/C13H14N2O3S/c1-13(2,3)11-14-12(19-15-11)18-9-6-4-8(5-7-9)10(16)17/h4-7H,1-3H3,(H,16,17). The first kappa shape index (κ1) is 13.5. The van der Waals surface area contributed by atoms with Crippen molar-refractivity contribution >= 4 is 17.5 Å². The van der Waals surface area contributed by atoms with E-state index in [1.54, 1.807) is 12.1 Å². The zero-order chi connectivity index (χ0) is 14.0. The summed E-state index contributed by atoms with van der Waals surface area (Å²) in [5, 5.41) is 9.25. The van der Waals surface area contributed by atoms with E-state index in [4.69, 9.17) is 9.84 Å². The third-order valence-corrected chi connectivity index (χ3v) is 2.98. The maximum atomic E-state index is 10.7. The summed E-state index contributed by atoms with van der Waals surface area (Å²) in [5.74, 6) is 0.314. The van der Waals surface area contributed by atoms with Crippen molar-refractivity contribution in [2.45, 2.75) is 26.2 Å². The molecule has 0 saturated heterocycles. The van der Waals surface area contributed by atoms with Gasteiger partial charge in [-0.05, 0) is 24.3 Å². The Morgan fingerprint density at radius 2 is 1.89 bits per heavy atom. The summed E-state index contributed by atoms with van der Waals surface area (Å²) in [5.41, 5.74) is 0.102. The molecule has 0 saturated carbocycles. The van der Waals surface area contributed by atoms with Gasteiger partial charge in [-0.1, -0.05) is 20.8 Å². The quantitative estimate of drug-likeness (QED) is 0.932. The van der Waals surface area contributed by atoms with Crippen LogP contribution in [0.4, 0.5) is 0 Å². The maximum Gasteiger partial charge on any atom is 0.335 e. The molecule has 0 aliphatic carbocycles. The molecule has 2 aromatic rings. The highest BCUT2D eigenvalue weighted by Crippen LogP contribution is 2.27. The molecular weight excluding hydrogens is 264 g/mol. The Morgan fingerprint density at radius 1 is 1.26 bits per heavy atom. The summed E-state index contributed by atoms with van der Waals surface area (Å²) >= 11 is 1.18. The van der Waals surface area contributed by atoms with Crippen LogP contribution in [0.2, 0.25) is 0 Å². The fourth-order valence-corrected chi connectivity index (χ4v) is 2.06. The van der Waals surface area contributed by atoms with Crippen LogP contribution in [0.3, 0.4) is 0 Å². The van der Waals surface area contributed by atoms with E-state index in [9.17, 15) is 4.79 Å². The number of aromatic carboxylic acids is 1. The first-order valence-corrected chi connectivity index (χ1v) is 6.49. The fourth-order valence-electron chi connectivity index (χ4n) is 1.32. The lowest BCUT2D eigenvalue weighted by atomic mass is 9.96. The van der Waals surface area contributed by atoms with Gasteiger partial charge in [0.15, 0.2) is 5.82 Å². The van der Waals surface area contributed by atoms with Crippen molar-refractivity contribution in [1.82, 2.24) is 9.36 Å². The summed E-state index contributed by atoms with van der Waals surface area (Å²) < 4.78 is 9.78. The first-order valence-electron chi connectivity index (χ1n) is 5.71. The monoisotopic (exact) mass is 278 g/mol. The number of rotatable bonds is 3. The third-order valence-electron chi connectivity index (χ3n) is 2.38. The third kappa shape index (κ3) is 3.29. The minimum Gasteiger partial charge on any atom is -0.478 e. The van der Waals surface area contributed by atoms with E-state index in [0.717, 1.165) is 5.82 Å². The molecule has 0 aliphatic heterocycles. The van der Waals surface area contributed by atoms with Crippen LogP contribution in [0.5, 0.6) is 10.9 Å². The molecule has 0 unspecified atom stereocenters. The molecule has 0 atom stereocenters. The minimum atomic E-state index is -0.961. The zero-order valence-electron chi connectivity index (χ0n) is 10.9. The number of benzene rings is 1. The van der Waals surface area contributed by atoms with Crippen LogP contribution in [-0.2, 0) is 5.41 Å². The van der Waals surface area contributed by atoms with Gasteiger partial charge in [0, 0.05) is 16.9 Å². The molecule has 0 fully saturated rings. The van der Waals surface area contributed by atoms with Crippen LogP contribution in [0.25, 0.3) is 0 Å². The topological polar surface area (TPSA) is 72.3 Å². The molecular formula is C13H14N2O3S. The summed E-state index contributed by atoms with van der Waals surface area (Å²) in [6.45, 7) is 6.08. The van der Waals surface area contributed by atoms with Crippen molar-refractivity contribution in [3.8, 4) is 10.9 Å². The van der Waals surface area contributed by atoms with Crippen molar-refractivity contribution < 1.29 is 14.6 Å². The Kier molecular flexibility index (Phi) is 3.53. The van der Waals surface area contributed by atoms with Gasteiger partial charge in [-0.3, -0.25) is 0 Å². The highest BCUT2D eigenvalue weighted by molar-refractivity contribution is 7.07. The van der Waals surface area contributed by atoms with Gasteiger partial charge in [0.25, 0.3) is 5.19 Å². The average molecular weight is 278 g/mol. The maximum absolute atomic E-state index is 10.7. The smallest absolute Gasteiger partial charge is 0.335 e. The second-order valence-electron chi connectivity index (χ2n) is 5.07. The zero-order valence-corrected chi connectivity index (χ0v) is 11.7. The average Bonchev–Trinajstić information content (AvgIpc) is 2.78. The van der Waals surface area contributed by atoms with Crippen molar-refractivity contribution in [1.29, 1.82) is 0 Å². The second kappa shape index (κ2) is 4.97. The number of aromatic nitrogens is 2. The van der Waals surface area contributed by atoms with Crippen molar-refractivity contribution in [3.63, 3.8) is 0 Å². The van der Waals surface area contributed by atoms with E-state index < -0.39 is 5.97 Å². The van der Waals surface area contributed by atoms with Crippen LogP contribution in [0.15, 0.2) is 24.3 Å². The second-order valence-corrected chi connectivity index (χ2v) is 5.78. The Morgan fingerprint density at radius 3 is 2.37 bits per heavy atom. The van der Waals surface area contributed by atoms with Gasteiger partial charge in [-0.15, -0.1) is 0 Å². The molecule has 19 heavy (non-hydrogen) atoms.